The van der Waals surface area contributed by atoms with E-state index in [4.69, 9.17) is 4.74 Å². The van der Waals surface area contributed by atoms with Gasteiger partial charge in [-0.25, -0.2) is 0 Å². The molecule has 0 N–H and O–H groups in total. The van der Waals surface area contributed by atoms with Crippen LogP contribution >= 0.6 is 0 Å². The van der Waals surface area contributed by atoms with E-state index in [9.17, 15) is 14.4 Å². The molecule has 2 fully saturated rings. The predicted molar refractivity (Wildman–Crippen MR) is 111 cm³/mol. The lowest BCUT2D eigenvalue weighted by Gasteiger charge is -2.54. The highest BCUT2D eigenvalue weighted by molar-refractivity contribution is 6.01. The molecule has 2 unspecified atom stereocenters. The quantitative estimate of drug-likeness (QED) is 0.517. The van der Waals surface area contributed by atoms with E-state index in [1.54, 1.807) is 6.08 Å². The number of carbonyl (C=O) groups is 3. The first-order valence-electron chi connectivity index (χ1n) is 10.9. The van der Waals surface area contributed by atoms with Gasteiger partial charge in [-0.1, -0.05) is 44.1 Å². The van der Waals surface area contributed by atoms with Crippen LogP contribution in [0.3, 0.4) is 0 Å². The number of ether oxygens (including phenoxy) is 1. The summed E-state index contributed by atoms with van der Waals surface area (Å²) in [7, 11) is 0. The fraction of sp³-hybridized carbons (Fsp3) is 0.640. The minimum absolute atomic E-state index is 0.0489. The van der Waals surface area contributed by atoms with Gasteiger partial charge in [0, 0.05) is 17.8 Å². The summed E-state index contributed by atoms with van der Waals surface area (Å²) in [6.45, 7) is 10.0. The van der Waals surface area contributed by atoms with Crippen molar-refractivity contribution in [2.45, 2.75) is 60.3 Å². The Morgan fingerprint density at radius 3 is 2.66 bits per heavy atom. The molecule has 4 rings (SSSR count). The van der Waals surface area contributed by atoms with Crippen molar-refractivity contribution in [3.63, 3.8) is 0 Å². The third kappa shape index (κ3) is 2.67. The maximum absolute atomic E-state index is 13.3. The number of hydrogen-bond acceptors (Lipinski definition) is 4. The molecule has 0 amide bonds. The molecule has 0 aliphatic heterocycles. The van der Waals surface area contributed by atoms with Gasteiger partial charge >= 0.3 is 5.97 Å². The zero-order valence-corrected chi connectivity index (χ0v) is 18.2. The van der Waals surface area contributed by atoms with Gasteiger partial charge in [-0.15, -0.1) is 0 Å². The van der Waals surface area contributed by atoms with Crippen molar-refractivity contribution >= 4 is 17.5 Å². The van der Waals surface area contributed by atoms with E-state index in [0.717, 1.165) is 25.7 Å². The van der Waals surface area contributed by atoms with Crippen molar-refractivity contribution in [1.29, 1.82) is 0 Å². The molecule has 0 heterocycles. The maximum Gasteiger partial charge on any atom is 0.303 e. The molecular formula is C25H32O4. The van der Waals surface area contributed by atoms with Gasteiger partial charge in [-0.2, -0.15) is 0 Å². The average molecular weight is 397 g/mol. The minimum atomic E-state index is -0.509. The van der Waals surface area contributed by atoms with Crippen LogP contribution in [0.2, 0.25) is 0 Å². The lowest BCUT2D eigenvalue weighted by atomic mass is 9.49. The van der Waals surface area contributed by atoms with Crippen LogP contribution in [0.5, 0.6) is 0 Å². The zero-order valence-electron chi connectivity index (χ0n) is 18.2. The van der Waals surface area contributed by atoms with E-state index in [2.05, 4.69) is 39.8 Å². The molecule has 4 heteroatoms. The molecule has 156 valence electrons. The van der Waals surface area contributed by atoms with Crippen molar-refractivity contribution in [3.05, 3.63) is 35.5 Å². The number of esters is 1. The second-order valence-electron chi connectivity index (χ2n) is 10.2. The van der Waals surface area contributed by atoms with Crippen LogP contribution in [0.25, 0.3) is 0 Å². The Bertz CT molecular complexity index is 877. The largest absolute Gasteiger partial charge is 0.458 e. The topological polar surface area (TPSA) is 60.4 Å². The number of allylic oxidation sites excluding steroid dienone is 6. The van der Waals surface area contributed by atoms with Crippen LogP contribution in [0.4, 0.5) is 0 Å². The smallest absolute Gasteiger partial charge is 0.303 e. The summed E-state index contributed by atoms with van der Waals surface area (Å²) in [4.78, 5) is 36.5. The molecule has 0 saturated heterocycles. The van der Waals surface area contributed by atoms with Crippen LogP contribution < -0.4 is 0 Å². The number of Topliss-reactive ketones (excluding diaryl/α,β-unsaturated/α-hetero) is 1. The van der Waals surface area contributed by atoms with Gasteiger partial charge in [0.25, 0.3) is 0 Å². The molecule has 29 heavy (non-hydrogen) atoms. The van der Waals surface area contributed by atoms with E-state index in [1.807, 2.05) is 6.08 Å². The number of fused-ring (bicyclic) bond motifs is 5. The molecule has 6 atom stereocenters. The number of ketones is 2. The molecule has 0 aromatic heterocycles. The van der Waals surface area contributed by atoms with Crippen LogP contribution in [-0.2, 0) is 19.1 Å². The second kappa shape index (κ2) is 6.52. The Labute approximate surface area is 173 Å². The highest BCUT2D eigenvalue weighted by Crippen LogP contribution is 2.69. The molecule has 0 spiro atoms. The fourth-order valence-corrected chi connectivity index (χ4v) is 7.00. The van der Waals surface area contributed by atoms with Crippen molar-refractivity contribution in [1.82, 2.24) is 0 Å². The number of rotatable bonds is 3. The Kier molecular flexibility index (Phi) is 4.56. The van der Waals surface area contributed by atoms with Crippen LogP contribution in [-0.4, -0.2) is 24.1 Å². The summed E-state index contributed by atoms with van der Waals surface area (Å²) in [5, 5.41) is 0. The second-order valence-corrected chi connectivity index (χ2v) is 10.2. The third-order valence-electron chi connectivity index (χ3n) is 9.10. The standard InChI is InChI=1S/C25H32O4/c1-15-12-21-19-7-6-17-13-18(27)8-10-23(17,3)20(19)9-11-24(21,4)25(15,5)22(28)14-29-16(2)26/h8-10,13,15,19,21H,6-7,11-12,14H2,1-5H3/t15-,19?,21?,23+,24+,25-/m1/s1. The summed E-state index contributed by atoms with van der Waals surface area (Å²) < 4.78 is 5.11. The van der Waals surface area contributed by atoms with Gasteiger partial charge in [0.2, 0.25) is 0 Å². The van der Waals surface area contributed by atoms with Gasteiger partial charge < -0.3 is 4.74 Å². The molecule has 4 aliphatic rings. The Balaban J connectivity index is 1.71. The molecule has 0 aromatic carbocycles. The van der Waals surface area contributed by atoms with E-state index in [1.165, 1.54) is 18.1 Å². The van der Waals surface area contributed by atoms with Gasteiger partial charge in [-0.05, 0) is 67.9 Å². The summed E-state index contributed by atoms with van der Waals surface area (Å²) in [5.41, 5.74) is 1.84. The highest BCUT2D eigenvalue weighted by Gasteiger charge is 2.65. The monoisotopic (exact) mass is 396 g/mol. The Morgan fingerprint density at radius 1 is 1.24 bits per heavy atom. The van der Waals surface area contributed by atoms with E-state index in [0.29, 0.717) is 11.8 Å². The minimum Gasteiger partial charge on any atom is -0.458 e. The van der Waals surface area contributed by atoms with Gasteiger partial charge in [0.1, 0.15) is 0 Å². The summed E-state index contributed by atoms with van der Waals surface area (Å²) >= 11 is 0. The van der Waals surface area contributed by atoms with Crippen molar-refractivity contribution in [2.75, 3.05) is 6.61 Å². The summed E-state index contributed by atoms with van der Waals surface area (Å²) in [6.07, 6.45) is 11.8. The molecule has 0 bridgehead atoms. The molecule has 2 saturated carbocycles. The molecule has 4 nitrogen and oxygen atoms in total. The first-order chi connectivity index (χ1) is 13.5. The SMILES string of the molecule is CC(=O)OCC(=O)[C@@]1(C)[C@H](C)CC2C3CCC4=CC(=O)C=C[C@]4(C)C3=CC[C@@]21C. The van der Waals surface area contributed by atoms with Crippen LogP contribution in [0.15, 0.2) is 35.5 Å². The van der Waals surface area contributed by atoms with Crippen LogP contribution in [0, 0.1) is 34.0 Å². The van der Waals surface area contributed by atoms with Crippen molar-refractivity contribution < 1.29 is 19.1 Å². The van der Waals surface area contributed by atoms with E-state index < -0.39 is 11.4 Å². The lowest BCUT2D eigenvalue weighted by Crippen LogP contribution is -2.51. The molecule has 0 aromatic rings. The normalized spacial score (nSPS) is 42.9. The summed E-state index contributed by atoms with van der Waals surface area (Å²) in [5.74, 6) is 0.829. The van der Waals surface area contributed by atoms with Crippen molar-refractivity contribution in [2.24, 2.45) is 34.0 Å². The molecule has 4 aliphatic carbocycles. The van der Waals surface area contributed by atoms with Crippen molar-refractivity contribution in [3.8, 4) is 0 Å². The zero-order chi connectivity index (χ0) is 21.2. The van der Waals surface area contributed by atoms with Gasteiger partial charge in [0.15, 0.2) is 18.2 Å². The highest BCUT2D eigenvalue weighted by atomic mass is 16.5. The third-order valence-corrected chi connectivity index (χ3v) is 9.10. The number of hydrogen-bond donors (Lipinski definition) is 0. The first kappa shape index (κ1) is 20.3. The first-order valence-corrected chi connectivity index (χ1v) is 10.9. The van der Waals surface area contributed by atoms with Gasteiger partial charge in [-0.3, -0.25) is 14.4 Å². The molecule has 0 radical (unpaired) electrons. The van der Waals surface area contributed by atoms with E-state index >= 15 is 0 Å². The lowest BCUT2D eigenvalue weighted by molar-refractivity contribution is -0.153. The van der Waals surface area contributed by atoms with E-state index in [-0.39, 0.29) is 34.9 Å². The number of carbonyl (C=O) groups excluding carboxylic acids is 3. The molecular weight excluding hydrogens is 364 g/mol. The van der Waals surface area contributed by atoms with Crippen LogP contribution in [0.1, 0.15) is 60.3 Å². The average Bonchev–Trinajstić information content (AvgIpc) is 2.88. The summed E-state index contributed by atoms with van der Waals surface area (Å²) in [6, 6.07) is 0. The Hall–Kier alpha value is -1.97. The fourth-order valence-electron chi connectivity index (χ4n) is 7.00. The predicted octanol–water partition coefficient (Wildman–Crippen LogP) is 4.60. The maximum atomic E-state index is 13.3. The Morgan fingerprint density at radius 2 is 1.97 bits per heavy atom. The van der Waals surface area contributed by atoms with Gasteiger partial charge in [0.05, 0.1) is 0 Å².